The fourth-order valence-electron chi connectivity index (χ4n) is 1.30. The molecule has 92 valence electrons. The van der Waals surface area contributed by atoms with Gasteiger partial charge in [0.15, 0.2) is 5.76 Å². The van der Waals surface area contributed by atoms with Gasteiger partial charge in [-0.25, -0.2) is 0 Å². The topological polar surface area (TPSA) is 81.2 Å². The van der Waals surface area contributed by atoms with Gasteiger partial charge in [0, 0.05) is 18.9 Å². The summed E-state index contributed by atoms with van der Waals surface area (Å²) >= 11 is 0. The molecular weight excluding hydrogens is 230 g/mol. The number of nitrogens with one attached hydrogen (secondary N) is 1. The third-order valence-electron chi connectivity index (χ3n) is 2.03. The minimum atomic E-state index is -0.143. The molecule has 0 radical (unpaired) electrons. The minimum absolute atomic E-state index is 0. The number of amides is 1. The monoisotopic (exact) mass is 247 g/mol. The molecule has 1 heterocycles. The van der Waals surface area contributed by atoms with Crippen molar-refractivity contribution in [1.82, 2.24) is 5.16 Å². The van der Waals surface area contributed by atoms with Crippen molar-refractivity contribution in [2.24, 2.45) is 5.73 Å². The normalized spacial score (nSPS) is 11.8. The van der Waals surface area contributed by atoms with Crippen LogP contribution < -0.4 is 11.1 Å². The number of nitrogens with two attached hydrogens (primary N) is 1. The van der Waals surface area contributed by atoms with Gasteiger partial charge in [-0.05, 0) is 13.8 Å². The SMILES string of the molecule is CCc1onc(C)c1NC(=O)CC(C)N.Cl. The summed E-state index contributed by atoms with van der Waals surface area (Å²) in [6.45, 7) is 5.53. The molecule has 0 aromatic carbocycles. The Morgan fingerprint density at radius 3 is 2.75 bits per heavy atom. The highest BCUT2D eigenvalue weighted by atomic mass is 35.5. The Bertz CT molecular complexity index is 350. The third kappa shape index (κ3) is 3.83. The molecule has 0 bridgehead atoms. The molecule has 1 unspecified atom stereocenters. The fraction of sp³-hybridized carbons (Fsp3) is 0.600. The van der Waals surface area contributed by atoms with Gasteiger partial charge in [0.2, 0.25) is 5.91 Å². The molecule has 6 heteroatoms. The van der Waals surface area contributed by atoms with E-state index in [-0.39, 0.29) is 24.4 Å². The third-order valence-corrected chi connectivity index (χ3v) is 2.03. The first-order chi connectivity index (χ1) is 7.04. The van der Waals surface area contributed by atoms with Crippen LogP contribution in [0.25, 0.3) is 0 Å². The van der Waals surface area contributed by atoms with Crippen LogP contribution in [-0.4, -0.2) is 17.1 Å². The highest BCUT2D eigenvalue weighted by molar-refractivity contribution is 5.92. The average molecular weight is 248 g/mol. The smallest absolute Gasteiger partial charge is 0.226 e. The van der Waals surface area contributed by atoms with Crippen molar-refractivity contribution in [2.75, 3.05) is 5.32 Å². The van der Waals surface area contributed by atoms with Crippen LogP contribution in [0.2, 0.25) is 0 Å². The van der Waals surface area contributed by atoms with E-state index in [0.29, 0.717) is 30.0 Å². The van der Waals surface area contributed by atoms with E-state index in [9.17, 15) is 4.79 Å². The highest BCUT2D eigenvalue weighted by Gasteiger charge is 2.14. The van der Waals surface area contributed by atoms with Crippen LogP contribution in [0.15, 0.2) is 4.52 Å². The molecule has 0 saturated heterocycles. The molecule has 0 aliphatic rings. The Labute approximate surface area is 101 Å². The molecule has 0 aliphatic heterocycles. The molecule has 16 heavy (non-hydrogen) atoms. The first-order valence-electron chi connectivity index (χ1n) is 5.05. The van der Waals surface area contributed by atoms with E-state index in [4.69, 9.17) is 10.3 Å². The standard InChI is InChI=1S/C10H17N3O2.ClH/c1-4-8-10(7(3)13-15-8)12-9(14)5-6(2)11;/h6H,4-5,11H2,1-3H3,(H,12,14);1H. The summed E-state index contributed by atoms with van der Waals surface area (Å²) in [6, 6.07) is -0.143. The maximum atomic E-state index is 11.5. The van der Waals surface area contributed by atoms with Crippen molar-refractivity contribution < 1.29 is 9.32 Å². The van der Waals surface area contributed by atoms with Crippen LogP contribution in [0, 0.1) is 6.92 Å². The molecule has 1 amide bonds. The van der Waals surface area contributed by atoms with E-state index in [1.54, 1.807) is 13.8 Å². The second-order valence-electron chi connectivity index (χ2n) is 3.65. The summed E-state index contributed by atoms with van der Waals surface area (Å²) in [5, 5.41) is 6.56. The quantitative estimate of drug-likeness (QED) is 0.848. The maximum Gasteiger partial charge on any atom is 0.226 e. The molecule has 0 spiro atoms. The number of halogens is 1. The number of carbonyl (C=O) groups is 1. The zero-order valence-corrected chi connectivity index (χ0v) is 10.6. The van der Waals surface area contributed by atoms with Crippen LogP contribution in [-0.2, 0) is 11.2 Å². The van der Waals surface area contributed by atoms with E-state index in [1.807, 2.05) is 6.92 Å². The van der Waals surface area contributed by atoms with Gasteiger partial charge in [0.1, 0.15) is 11.4 Å². The average Bonchev–Trinajstić information content (AvgIpc) is 2.46. The molecule has 5 nitrogen and oxygen atoms in total. The van der Waals surface area contributed by atoms with Crippen molar-refractivity contribution in [3.05, 3.63) is 11.5 Å². The first-order valence-corrected chi connectivity index (χ1v) is 5.05. The number of hydrogen-bond donors (Lipinski definition) is 2. The highest BCUT2D eigenvalue weighted by Crippen LogP contribution is 2.20. The summed E-state index contributed by atoms with van der Waals surface area (Å²) in [5.41, 5.74) is 6.91. The maximum absolute atomic E-state index is 11.5. The van der Waals surface area contributed by atoms with Gasteiger partial charge in [-0.1, -0.05) is 12.1 Å². The lowest BCUT2D eigenvalue weighted by Crippen LogP contribution is -2.24. The van der Waals surface area contributed by atoms with Crippen molar-refractivity contribution in [3.8, 4) is 0 Å². The largest absolute Gasteiger partial charge is 0.359 e. The van der Waals surface area contributed by atoms with Crippen LogP contribution in [0.5, 0.6) is 0 Å². The summed E-state index contributed by atoms with van der Waals surface area (Å²) in [6.07, 6.45) is 1.00. The second kappa shape index (κ2) is 6.50. The Balaban J connectivity index is 0.00000225. The lowest BCUT2D eigenvalue weighted by atomic mass is 10.2. The number of anilines is 1. The Hall–Kier alpha value is -1.07. The molecule has 1 aromatic rings. The van der Waals surface area contributed by atoms with Crippen LogP contribution in [0.1, 0.15) is 31.7 Å². The Kier molecular flexibility index (Phi) is 6.06. The first kappa shape index (κ1) is 14.9. The number of nitrogens with zero attached hydrogens (tertiary/aromatic N) is 1. The zero-order valence-electron chi connectivity index (χ0n) is 9.74. The van der Waals surface area contributed by atoms with Crippen LogP contribution in [0.3, 0.4) is 0 Å². The summed E-state index contributed by atoms with van der Waals surface area (Å²) in [5.74, 6) is 0.594. The summed E-state index contributed by atoms with van der Waals surface area (Å²) in [4.78, 5) is 11.5. The number of carbonyl (C=O) groups excluding carboxylic acids is 1. The van der Waals surface area contributed by atoms with Crippen LogP contribution in [0.4, 0.5) is 5.69 Å². The van der Waals surface area contributed by atoms with E-state index >= 15 is 0 Å². The molecule has 1 rings (SSSR count). The van der Waals surface area contributed by atoms with Crippen molar-refractivity contribution in [2.45, 2.75) is 39.7 Å². The summed E-state index contributed by atoms with van der Waals surface area (Å²) < 4.78 is 5.05. The van der Waals surface area contributed by atoms with Gasteiger partial charge in [-0.3, -0.25) is 4.79 Å². The Morgan fingerprint density at radius 1 is 1.62 bits per heavy atom. The molecule has 0 aliphatic carbocycles. The van der Waals surface area contributed by atoms with E-state index < -0.39 is 0 Å². The Morgan fingerprint density at radius 2 is 2.25 bits per heavy atom. The van der Waals surface area contributed by atoms with E-state index in [1.165, 1.54) is 0 Å². The molecule has 1 aromatic heterocycles. The molecular formula is C10H18ClN3O2. The minimum Gasteiger partial charge on any atom is -0.359 e. The van der Waals surface area contributed by atoms with Gasteiger partial charge in [-0.2, -0.15) is 0 Å². The molecule has 0 saturated carbocycles. The second-order valence-corrected chi connectivity index (χ2v) is 3.65. The van der Waals surface area contributed by atoms with E-state index in [2.05, 4.69) is 10.5 Å². The van der Waals surface area contributed by atoms with Crippen molar-refractivity contribution >= 4 is 24.0 Å². The predicted molar refractivity (Wildman–Crippen MR) is 64.8 cm³/mol. The lowest BCUT2D eigenvalue weighted by Gasteiger charge is -2.06. The van der Waals surface area contributed by atoms with Crippen molar-refractivity contribution in [1.29, 1.82) is 0 Å². The van der Waals surface area contributed by atoms with Gasteiger partial charge in [0.05, 0.1) is 0 Å². The number of aryl methyl sites for hydroxylation is 2. The van der Waals surface area contributed by atoms with Gasteiger partial charge in [0.25, 0.3) is 0 Å². The molecule has 3 N–H and O–H groups in total. The predicted octanol–water partition coefficient (Wildman–Crippen LogP) is 1.64. The van der Waals surface area contributed by atoms with Crippen LogP contribution >= 0.6 is 12.4 Å². The number of aromatic nitrogens is 1. The number of hydrogen-bond acceptors (Lipinski definition) is 4. The zero-order chi connectivity index (χ0) is 11.4. The molecule has 1 atom stereocenters. The molecule has 0 fully saturated rings. The fourth-order valence-corrected chi connectivity index (χ4v) is 1.30. The van der Waals surface area contributed by atoms with E-state index in [0.717, 1.165) is 0 Å². The summed E-state index contributed by atoms with van der Waals surface area (Å²) in [7, 11) is 0. The van der Waals surface area contributed by atoms with Crippen molar-refractivity contribution in [3.63, 3.8) is 0 Å². The van der Waals surface area contributed by atoms with Gasteiger partial charge >= 0.3 is 0 Å². The lowest BCUT2D eigenvalue weighted by molar-refractivity contribution is -0.116. The van der Waals surface area contributed by atoms with Gasteiger partial charge in [-0.15, -0.1) is 12.4 Å². The number of rotatable bonds is 4. The van der Waals surface area contributed by atoms with Gasteiger partial charge < -0.3 is 15.6 Å².